The summed E-state index contributed by atoms with van der Waals surface area (Å²) in [5, 5.41) is 0.713. The summed E-state index contributed by atoms with van der Waals surface area (Å²) in [7, 11) is 0. The van der Waals surface area contributed by atoms with Crippen molar-refractivity contribution in [2.45, 2.75) is 45.4 Å². The number of hydrogen-bond donors (Lipinski definition) is 0. The van der Waals surface area contributed by atoms with Crippen molar-refractivity contribution >= 4 is 17.6 Å². The summed E-state index contributed by atoms with van der Waals surface area (Å²) in [6.45, 7) is 4.68. The van der Waals surface area contributed by atoms with Gasteiger partial charge < -0.3 is 4.74 Å². The highest BCUT2D eigenvalue weighted by Gasteiger charge is 2.15. The number of unbranched alkanes of at least 4 members (excludes halogenated alkanes) is 1. The first-order valence-corrected chi connectivity index (χ1v) is 6.96. The zero-order valence-corrected chi connectivity index (χ0v) is 11.9. The summed E-state index contributed by atoms with van der Waals surface area (Å²) in [5.41, 5.74) is 1.11. The molecule has 0 aliphatic carbocycles. The number of esters is 1. The van der Waals surface area contributed by atoms with E-state index in [4.69, 9.17) is 16.3 Å². The molecule has 0 aromatic heterocycles. The van der Waals surface area contributed by atoms with Crippen molar-refractivity contribution in [2.75, 3.05) is 6.61 Å². The maximum atomic E-state index is 11.7. The highest BCUT2D eigenvalue weighted by molar-refractivity contribution is 6.30. The summed E-state index contributed by atoms with van der Waals surface area (Å²) in [5.74, 6) is 0.0769. The fraction of sp³-hybridized carbons (Fsp3) is 0.533. The van der Waals surface area contributed by atoms with Gasteiger partial charge in [-0.3, -0.25) is 4.79 Å². The van der Waals surface area contributed by atoms with Crippen molar-refractivity contribution in [3.63, 3.8) is 0 Å². The number of benzene rings is 1. The number of carbonyl (C=O) groups excluding carboxylic acids is 1. The second-order valence-electron chi connectivity index (χ2n) is 4.44. The minimum Gasteiger partial charge on any atom is -0.466 e. The summed E-state index contributed by atoms with van der Waals surface area (Å²) in [6.07, 6.45) is 3.31. The number of hydrogen-bond acceptors (Lipinski definition) is 2. The molecule has 18 heavy (non-hydrogen) atoms. The molecule has 100 valence electrons. The van der Waals surface area contributed by atoms with Crippen molar-refractivity contribution in [3.05, 3.63) is 34.9 Å². The third kappa shape index (κ3) is 5.09. The molecule has 0 N–H and O–H groups in total. The summed E-state index contributed by atoms with van der Waals surface area (Å²) >= 11 is 5.97. The molecule has 2 nitrogen and oxygen atoms in total. The minimum atomic E-state index is -0.115. The topological polar surface area (TPSA) is 26.3 Å². The van der Waals surface area contributed by atoms with Crippen LogP contribution < -0.4 is 0 Å². The van der Waals surface area contributed by atoms with Gasteiger partial charge in [0.05, 0.1) is 13.0 Å². The van der Waals surface area contributed by atoms with Gasteiger partial charge in [-0.05, 0) is 36.5 Å². The van der Waals surface area contributed by atoms with Gasteiger partial charge in [-0.25, -0.2) is 0 Å². The van der Waals surface area contributed by atoms with Gasteiger partial charge in [0.1, 0.15) is 0 Å². The van der Waals surface area contributed by atoms with E-state index in [0.29, 0.717) is 18.1 Å². The molecule has 0 radical (unpaired) electrons. The summed E-state index contributed by atoms with van der Waals surface area (Å²) in [6, 6.07) is 7.70. The number of ether oxygens (including phenoxy) is 1. The third-order valence-corrected chi connectivity index (χ3v) is 3.22. The Labute approximate surface area is 114 Å². The molecule has 1 rings (SSSR count). The van der Waals surface area contributed by atoms with Gasteiger partial charge in [-0.2, -0.15) is 0 Å². The second-order valence-corrected chi connectivity index (χ2v) is 4.87. The van der Waals surface area contributed by atoms with Crippen molar-refractivity contribution < 1.29 is 9.53 Å². The molecule has 0 saturated carbocycles. The van der Waals surface area contributed by atoms with E-state index in [2.05, 4.69) is 13.8 Å². The maximum Gasteiger partial charge on any atom is 0.306 e. The number of rotatable bonds is 7. The van der Waals surface area contributed by atoms with Crippen LogP contribution in [0.25, 0.3) is 0 Å². The Balaban J connectivity index is 2.54. The van der Waals surface area contributed by atoms with Gasteiger partial charge >= 0.3 is 5.97 Å². The normalized spacial score (nSPS) is 12.2. The van der Waals surface area contributed by atoms with Crippen LogP contribution in [0.4, 0.5) is 0 Å². The smallest absolute Gasteiger partial charge is 0.306 e. The molecule has 0 spiro atoms. The van der Waals surface area contributed by atoms with E-state index in [1.54, 1.807) is 0 Å². The molecule has 0 fully saturated rings. The van der Waals surface area contributed by atoms with E-state index in [0.717, 1.165) is 24.8 Å². The SMILES string of the molecule is CCCCOC(=O)CC(CC)c1cccc(Cl)c1. The third-order valence-electron chi connectivity index (χ3n) is 2.99. The fourth-order valence-corrected chi connectivity index (χ4v) is 2.05. The van der Waals surface area contributed by atoms with Crippen molar-refractivity contribution in [3.8, 4) is 0 Å². The fourth-order valence-electron chi connectivity index (χ4n) is 1.85. The quantitative estimate of drug-likeness (QED) is 0.535. The Morgan fingerprint density at radius 2 is 2.17 bits per heavy atom. The van der Waals surface area contributed by atoms with Crippen molar-refractivity contribution in [1.82, 2.24) is 0 Å². The van der Waals surface area contributed by atoms with Gasteiger partial charge in [-0.1, -0.05) is 44.0 Å². The molecule has 1 atom stereocenters. The van der Waals surface area contributed by atoms with E-state index in [1.807, 2.05) is 24.3 Å². The van der Waals surface area contributed by atoms with Crippen molar-refractivity contribution in [2.24, 2.45) is 0 Å². The lowest BCUT2D eigenvalue weighted by Crippen LogP contribution is -2.11. The molecule has 1 aromatic carbocycles. The number of halogens is 1. The molecule has 1 unspecified atom stereocenters. The van der Waals surface area contributed by atoms with Crippen molar-refractivity contribution in [1.29, 1.82) is 0 Å². The molecule has 0 bridgehead atoms. The molecule has 0 heterocycles. The van der Waals surface area contributed by atoms with Crippen LogP contribution in [0.5, 0.6) is 0 Å². The average molecular weight is 269 g/mol. The Hall–Kier alpha value is -1.02. The molecule has 1 aromatic rings. The highest BCUT2D eigenvalue weighted by Crippen LogP contribution is 2.25. The van der Waals surface area contributed by atoms with Crippen LogP contribution in [-0.4, -0.2) is 12.6 Å². The van der Waals surface area contributed by atoms with Gasteiger partial charge in [0.2, 0.25) is 0 Å². The van der Waals surface area contributed by atoms with E-state index in [9.17, 15) is 4.79 Å². The van der Waals surface area contributed by atoms with Gasteiger partial charge in [0.15, 0.2) is 0 Å². The monoisotopic (exact) mass is 268 g/mol. The van der Waals surface area contributed by atoms with Crippen LogP contribution in [0.3, 0.4) is 0 Å². The first-order valence-electron chi connectivity index (χ1n) is 6.58. The van der Waals surface area contributed by atoms with Gasteiger partial charge in [-0.15, -0.1) is 0 Å². The second kappa shape index (κ2) is 8.15. The van der Waals surface area contributed by atoms with E-state index in [1.165, 1.54) is 0 Å². The lowest BCUT2D eigenvalue weighted by atomic mass is 9.93. The first kappa shape index (κ1) is 15.0. The van der Waals surface area contributed by atoms with Gasteiger partial charge in [0.25, 0.3) is 0 Å². The molecule has 0 aliphatic rings. The standard InChI is InChI=1S/C15H21ClO2/c1-3-5-9-18-15(17)11-12(4-2)13-7-6-8-14(16)10-13/h6-8,10,12H,3-5,9,11H2,1-2H3. The van der Waals surface area contributed by atoms with E-state index >= 15 is 0 Å². The molecule has 3 heteroatoms. The first-order chi connectivity index (χ1) is 8.67. The maximum absolute atomic E-state index is 11.7. The lowest BCUT2D eigenvalue weighted by molar-refractivity contribution is -0.144. The summed E-state index contributed by atoms with van der Waals surface area (Å²) in [4.78, 5) is 11.7. The molecule has 0 saturated heterocycles. The van der Waals surface area contributed by atoms with Crippen LogP contribution in [0.1, 0.15) is 51.0 Å². The van der Waals surface area contributed by atoms with Gasteiger partial charge in [0, 0.05) is 5.02 Å². The average Bonchev–Trinajstić information content (AvgIpc) is 2.36. The predicted molar refractivity (Wildman–Crippen MR) is 75.0 cm³/mol. The number of carbonyl (C=O) groups is 1. The highest BCUT2D eigenvalue weighted by atomic mass is 35.5. The molecule has 0 amide bonds. The van der Waals surface area contributed by atoms with Crippen LogP contribution in [0, 0.1) is 0 Å². The van der Waals surface area contributed by atoms with Crippen LogP contribution >= 0.6 is 11.6 Å². The summed E-state index contributed by atoms with van der Waals surface area (Å²) < 4.78 is 5.19. The molecule has 0 aliphatic heterocycles. The zero-order valence-electron chi connectivity index (χ0n) is 11.1. The Kier molecular flexibility index (Phi) is 6.81. The van der Waals surface area contributed by atoms with E-state index < -0.39 is 0 Å². The Morgan fingerprint density at radius 3 is 2.78 bits per heavy atom. The van der Waals surface area contributed by atoms with E-state index in [-0.39, 0.29) is 11.9 Å². The van der Waals surface area contributed by atoms with Crippen LogP contribution in [0.2, 0.25) is 5.02 Å². The Morgan fingerprint density at radius 1 is 1.39 bits per heavy atom. The van der Waals surface area contributed by atoms with Crippen LogP contribution in [-0.2, 0) is 9.53 Å². The van der Waals surface area contributed by atoms with Crippen LogP contribution in [0.15, 0.2) is 24.3 Å². The molecular formula is C15H21ClO2. The minimum absolute atomic E-state index is 0.115. The Bertz CT molecular complexity index is 377. The predicted octanol–water partition coefficient (Wildman–Crippen LogP) is 4.57. The largest absolute Gasteiger partial charge is 0.466 e. The lowest BCUT2D eigenvalue weighted by Gasteiger charge is -2.15. The molecular weight excluding hydrogens is 248 g/mol. The zero-order chi connectivity index (χ0) is 13.4.